The monoisotopic (exact) mass is 289 g/mol. The van der Waals surface area contributed by atoms with Gasteiger partial charge in [0.25, 0.3) is 0 Å². The van der Waals surface area contributed by atoms with Gasteiger partial charge in [0.05, 0.1) is 6.54 Å². The van der Waals surface area contributed by atoms with E-state index in [1.54, 1.807) is 0 Å². The second-order valence-electron chi connectivity index (χ2n) is 6.14. The van der Waals surface area contributed by atoms with Crippen LogP contribution >= 0.6 is 12.4 Å². The summed E-state index contributed by atoms with van der Waals surface area (Å²) in [6.07, 6.45) is 4.97. The summed E-state index contributed by atoms with van der Waals surface area (Å²) in [7, 11) is 2.04. The Morgan fingerprint density at radius 2 is 2.11 bits per heavy atom. The van der Waals surface area contributed by atoms with E-state index in [9.17, 15) is 4.79 Å². The number of hydrogen-bond donors (Lipinski definition) is 1. The van der Waals surface area contributed by atoms with Gasteiger partial charge in [0.15, 0.2) is 0 Å². The minimum Gasteiger partial charge on any atom is -0.341 e. The molecule has 1 aliphatic heterocycles. The number of rotatable bonds is 5. The fourth-order valence-corrected chi connectivity index (χ4v) is 3.06. The Morgan fingerprint density at radius 1 is 1.42 bits per heavy atom. The van der Waals surface area contributed by atoms with E-state index in [-0.39, 0.29) is 18.3 Å². The standard InChI is InChI=1S/C14H27N3O.ClH/c1-11-4-3-7-17(9-11)14(18)10-16(2)13(8-15)12-5-6-12;/h11-13H,3-10,15H2,1-2H3;1H. The minimum absolute atomic E-state index is 0. The van der Waals surface area contributed by atoms with Gasteiger partial charge in [0.1, 0.15) is 0 Å². The first-order valence-corrected chi connectivity index (χ1v) is 7.30. The van der Waals surface area contributed by atoms with Crippen LogP contribution in [-0.2, 0) is 4.79 Å². The average Bonchev–Trinajstić information content (AvgIpc) is 3.14. The molecule has 0 radical (unpaired) electrons. The van der Waals surface area contributed by atoms with Crippen LogP contribution in [0, 0.1) is 11.8 Å². The molecular weight excluding hydrogens is 262 g/mol. The van der Waals surface area contributed by atoms with Crippen LogP contribution in [0.15, 0.2) is 0 Å². The van der Waals surface area contributed by atoms with E-state index in [1.165, 1.54) is 19.3 Å². The van der Waals surface area contributed by atoms with E-state index in [0.29, 0.717) is 25.0 Å². The van der Waals surface area contributed by atoms with Gasteiger partial charge in [-0.3, -0.25) is 9.69 Å². The summed E-state index contributed by atoms with van der Waals surface area (Å²) >= 11 is 0. The van der Waals surface area contributed by atoms with Gasteiger partial charge in [-0.05, 0) is 44.6 Å². The van der Waals surface area contributed by atoms with Crippen LogP contribution in [0.2, 0.25) is 0 Å². The number of carbonyl (C=O) groups is 1. The number of hydrogen-bond acceptors (Lipinski definition) is 3. The Balaban J connectivity index is 0.00000180. The maximum atomic E-state index is 12.3. The normalized spacial score (nSPS) is 25.1. The van der Waals surface area contributed by atoms with Gasteiger partial charge in [-0.25, -0.2) is 0 Å². The molecule has 2 fully saturated rings. The molecule has 2 rings (SSSR count). The third kappa shape index (κ3) is 4.62. The van der Waals surface area contributed by atoms with Crippen molar-refractivity contribution in [2.75, 3.05) is 33.2 Å². The summed E-state index contributed by atoms with van der Waals surface area (Å²) in [5, 5.41) is 0. The lowest BCUT2D eigenvalue weighted by atomic mass is 10.0. The molecule has 2 unspecified atom stereocenters. The van der Waals surface area contributed by atoms with Crippen LogP contribution in [0.5, 0.6) is 0 Å². The van der Waals surface area contributed by atoms with Crippen LogP contribution in [0.3, 0.4) is 0 Å². The number of carbonyl (C=O) groups excluding carboxylic acids is 1. The van der Waals surface area contributed by atoms with Gasteiger partial charge in [0.2, 0.25) is 5.91 Å². The number of likely N-dealkylation sites (tertiary alicyclic amines) is 1. The van der Waals surface area contributed by atoms with Crippen molar-refractivity contribution < 1.29 is 4.79 Å². The molecular formula is C14H28ClN3O. The molecule has 0 aromatic rings. The molecule has 1 saturated carbocycles. The maximum Gasteiger partial charge on any atom is 0.236 e. The fraction of sp³-hybridized carbons (Fsp3) is 0.929. The second kappa shape index (κ2) is 7.46. The topological polar surface area (TPSA) is 49.6 Å². The summed E-state index contributed by atoms with van der Waals surface area (Å²) in [4.78, 5) is 16.5. The van der Waals surface area contributed by atoms with E-state index < -0.39 is 0 Å². The minimum atomic E-state index is 0. The van der Waals surface area contributed by atoms with Gasteiger partial charge in [0, 0.05) is 25.7 Å². The quantitative estimate of drug-likeness (QED) is 0.831. The number of nitrogens with zero attached hydrogens (tertiary/aromatic N) is 2. The third-order valence-corrected chi connectivity index (χ3v) is 4.37. The Labute approximate surface area is 123 Å². The van der Waals surface area contributed by atoms with Crippen molar-refractivity contribution in [2.45, 2.75) is 38.6 Å². The molecule has 0 bridgehead atoms. The largest absolute Gasteiger partial charge is 0.341 e. The molecule has 112 valence electrons. The zero-order valence-corrected chi connectivity index (χ0v) is 13.0. The summed E-state index contributed by atoms with van der Waals surface area (Å²) in [5.74, 6) is 1.66. The van der Waals surface area contributed by atoms with Crippen LogP contribution in [-0.4, -0.2) is 55.0 Å². The Kier molecular flexibility index (Phi) is 6.57. The van der Waals surface area contributed by atoms with Gasteiger partial charge >= 0.3 is 0 Å². The molecule has 0 aromatic heterocycles. The number of nitrogens with two attached hydrogens (primary N) is 1. The smallest absolute Gasteiger partial charge is 0.236 e. The lowest BCUT2D eigenvalue weighted by Crippen LogP contribution is -2.48. The number of amides is 1. The van der Waals surface area contributed by atoms with Gasteiger partial charge in [-0.15, -0.1) is 12.4 Å². The summed E-state index contributed by atoms with van der Waals surface area (Å²) in [6.45, 7) is 5.31. The lowest BCUT2D eigenvalue weighted by Gasteiger charge is -2.34. The highest BCUT2D eigenvalue weighted by molar-refractivity contribution is 5.85. The Hall–Kier alpha value is -0.320. The molecule has 4 nitrogen and oxygen atoms in total. The first kappa shape index (κ1) is 16.7. The van der Waals surface area contributed by atoms with E-state index in [1.807, 2.05) is 11.9 Å². The van der Waals surface area contributed by atoms with Crippen molar-refractivity contribution in [1.29, 1.82) is 0 Å². The zero-order chi connectivity index (χ0) is 13.1. The van der Waals surface area contributed by atoms with Crippen molar-refractivity contribution in [3.8, 4) is 0 Å². The van der Waals surface area contributed by atoms with Gasteiger partial charge < -0.3 is 10.6 Å². The van der Waals surface area contributed by atoms with Gasteiger partial charge in [-0.1, -0.05) is 6.92 Å². The highest BCUT2D eigenvalue weighted by Gasteiger charge is 2.34. The van der Waals surface area contributed by atoms with Crippen LogP contribution in [0.1, 0.15) is 32.6 Å². The predicted molar refractivity (Wildman–Crippen MR) is 80.4 cm³/mol. The summed E-state index contributed by atoms with van der Waals surface area (Å²) in [6, 6.07) is 0.399. The second-order valence-corrected chi connectivity index (χ2v) is 6.14. The summed E-state index contributed by atoms with van der Waals surface area (Å²) < 4.78 is 0. The average molecular weight is 290 g/mol. The first-order valence-electron chi connectivity index (χ1n) is 7.30. The highest BCUT2D eigenvalue weighted by atomic mass is 35.5. The molecule has 2 aliphatic rings. The van der Waals surface area contributed by atoms with Crippen molar-refractivity contribution in [3.63, 3.8) is 0 Å². The molecule has 1 heterocycles. The molecule has 1 saturated heterocycles. The Bertz CT molecular complexity index is 296. The summed E-state index contributed by atoms with van der Waals surface area (Å²) in [5.41, 5.74) is 5.82. The van der Waals surface area contributed by atoms with E-state index in [0.717, 1.165) is 25.4 Å². The molecule has 1 amide bonds. The van der Waals surface area contributed by atoms with Crippen molar-refractivity contribution >= 4 is 18.3 Å². The van der Waals surface area contributed by atoms with Crippen LogP contribution < -0.4 is 5.73 Å². The fourth-order valence-electron chi connectivity index (χ4n) is 3.06. The maximum absolute atomic E-state index is 12.3. The first-order chi connectivity index (χ1) is 8.61. The van der Waals surface area contributed by atoms with E-state index >= 15 is 0 Å². The molecule has 19 heavy (non-hydrogen) atoms. The van der Waals surface area contributed by atoms with Gasteiger partial charge in [-0.2, -0.15) is 0 Å². The lowest BCUT2D eigenvalue weighted by molar-refractivity contribution is -0.134. The number of likely N-dealkylation sites (N-methyl/N-ethyl adjacent to an activating group) is 1. The number of piperidine rings is 1. The molecule has 2 N–H and O–H groups in total. The highest BCUT2D eigenvalue weighted by Crippen LogP contribution is 2.34. The van der Waals surface area contributed by atoms with Crippen LogP contribution in [0.4, 0.5) is 0 Å². The number of halogens is 1. The van der Waals surface area contributed by atoms with Crippen LogP contribution in [0.25, 0.3) is 0 Å². The molecule has 0 aromatic carbocycles. The SMILES string of the molecule is CC1CCCN(C(=O)CN(C)C(CN)C2CC2)C1.Cl. The van der Waals surface area contributed by atoms with Crippen molar-refractivity contribution in [2.24, 2.45) is 17.6 Å². The third-order valence-electron chi connectivity index (χ3n) is 4.37. The van der Waals surface area contributed by atoms with Crippen molar-refractivity contribution in [1.82, 2.24) is 9.80 Å². The van der Waals surface area contributed by atoms with E-state index in [2.05, 4.69) is 11.8 Å². The molecule has 0 spiro atoms. The molecule has 1 aliphatic carbocycles. The predicted octanol–water partition coefficient (Wildman–Crippen LogP) is 1.34. The molecule has 2 atom stereocenters. The van der Waals surface area contributed by atoms with E-state index in [4.69, 9.17) is 5.73 Å². The Morgan fingerprint density at radius 3 is 2.63 bits per heavy atom. The zero-order valence-electron chi connectivity index (χ0n) is 12.2. The van der Waals surface area contributed by atoms with Crippen molar-refractivity contribution in [3.05, 3.63) is 0 Å². The molecule has 5 heteroatoms.